The molecule has 8 heteroatoms. The maximum absolute atomic E-state index is 11.9. The number of carbonyl (C=O) groups is 2. The molecule has 1 N–H and O–H groups in total. The highest BCUT2D eigenvalue weighted by atomic mass is 35.5. The van der Waals surface area contributed by atoms with Gasteiger partial charge in [-0.2, -0.15) is 0 Å². The largest absolute Gasteiger partial charge is 0.548 e. The van der Waals surface area contributed by atoms with Gasteiger partial charge in [-0.3, -0.25) is 4.98 Å². The summed E-state index contributed by atoms with van der Waals surface area (Å²) in [4.78, 5) is 30.7. The number of carboxylic acid groups (broad SMARTS) is 1. The van der Waals surface area contributed by atoms with E-state index in [4.69, 9.17) is 16.3 Å². The fourth-order valence-electron chi connectivity index (χ4n) is 1.75. The maximum Gasteiger partial charge on any atom is 0.341 e. The molecule has 0 aliphatic carbocycles. The van der Waals surface area contributed by atoms with Gasteiger partial charge in [0, 0.05) is 6.20 Å². The lowest BCUT2D eigenvalue weighted by molar-refractivity contribution is -0.302. The van der Waals surface area contributed by atoms with Crippen molar-refractivity contribution in [2.24, 2.45) is 0 Å². The Kier molecular flexibility index (Phi) is 4.54. The number of nitrogens with zero attached hydrogens (tertiary/aromatic N) is 2. The fourth-order valence-corrected chi connectivity index (χ4v) is 1.89. The van der Waals surface area contributed by atoms with E-state index < -0.39 is 18.5 Å². The normalized spacial score (nSPS) is 10.4. The van der Waals surface area contributed by atoms with E-state index in [9.17, 15) is 14.7 Å². The smallest absolute Gasteiger partial charge is 0.341 e. The number of hydrogen-bond donors (Lipinski definition) is 1. The van der Waals surface area contributed by atoms with Crippen LogP contribution in [0.2, 0.25) is 5.15 Å². The average molecular weight is 309 g/mol. The summed E-state index contributed by atoms with van der Waals surface area (Å²) in [5.74, 6) is -1.95. The summed E-state index contributed by atoms with van der Waals surface area (Å²) in [7, 11) is 0. The number of esters is 1. The van der Waals surface area contributed by atoms with Crippen molar-refractivity contribution in [3.8, 4) is 0 Å². The van der Waals surface area contributed by atoms with Gasteiger partial charge in [-0.05, 0) is 19.1 Å². The van der Waals surface area contributed by atoms with Gasteiger partial charge in [-0.15, -0.1) is 0 Å². The quantitative estimate of drug-likeness (QED) is 0.637. The zero-order valence-electron chi connectivity index (χ0n) is 11.1. The second-order valence-electron chi connectivity index (χ2n) is 3.99. The Morgan fingerprint density at radius 3 is 2.86 bits per heavy atom. The maximum atomic E-state index is 11.9. The number of aliphatic carboxylic acids is 1. The van der Waals surface area contributed by atoms with Gasteiger partial charge in [0.1, 0.15) is 16.2 Å². The van der Waals surface area contributed by atoms with E-state index in [0.717, 1.165) is 0 Å². The standard InChI is InChI=1S/C13H12ClN3O4/c1-2-21-13(20)7-5-15-8-3-4-9(14)17-12(8)11(7)16-6-10(18)19/h3-5H,2,6H2,1H3,(H,15,16)(H,18,19)/p-1. The highest BCUT2D eigenvalue weighted by Gasteiger charge is 2.17. The number of anilines is 1. The second kappa shape index (κ2) is 6.36. The lowest BCUT2D eigenvalue weighted by Crippen LogP contribution is -2.30. The first-order valence-electron chi connectivity index (χ1n) is 6.09. The van der Waals surface area contributed by atoms with Crippen LogP contribution in [0.25, 0.3) is 11.0 Å². The second-order valence-corrected chi connectivity index (χ2v) is 4.38. The monoisotopic (exact) mass is 308 g/mol. The van der Waals surface area contributed by atoms with E-state index in [-0.39, 0.29) is 28.5 Å². The minimum absolute atomic E-state index is 0.0837. The summed E-state index contributed by atoms with van der Waals surface area (Å²) in [6, 6.07) is 3.16. The van der Waals surface area contributed by atoms with Crippen molar-refractivity contribution < 1.29 is 19.4 Å². The number of carbonyl (C=O) groups excluding carboxylic acids is 2. The summed E-state index contributed by atoms with van der Waals surface area (Å²) >= 11 is 5.83. The van der Waals surface area contributed by atoms with Crippen molar-refractivity contribution in [2.75, 3.05) is 18.5 Å². The molecular formula is C13H11ClN3O4-. The zero-order valence-corrected chi connectivity index (χ0v) is 11.8. The third-order valence-electron chi connectivity index (χ3n) is 2.58. The first kappa shape index (κ1) is 15.0. The molecular weight excluding hydrogens is 298 g/mol. The minimum Gasteiger partial charge on any atom is -0.548 e. The number of fused-ring (bicyclic) bond motifs is 1. The molecule has 0 saturated heterocycles. The summed E-state index contributed by atoms with van der Waals surface area (Å²) < 4.78 is 4.91. The van der Waals surface area contributed by atoms with Gasteiger partial charge in [-0.1, -0.05) is 11.6 Å². The molecule has 0 fully saturated rings. The first-order valence-corrected chi connectivity index (χ1v) is 6.46. The van der Waals surface area contributed by atoms with E-state index in [0.29, 0.717) is 5.52 Å². The molecule has 21 heavy (non-hydrogen) atoms. The molecule has 0 bridgehead atoms. The average Bonchev–Trinajstić information content (AvgIpc) is 2.44. The van der Waals surface area contributed by atoms with Crippen LogP contribution < -0.4 is 10.4 Å². The molecule has 0 spiro atoms. The number of aromatic nitrogens is 2. The van der Waals surface area contributed by atoms with Crippen LogP contribution in [0.1, 0.15) is 17.3 Å². The molecule has 0 unspecified atom stereocenters. The molecule has 2 aromatic rings. The van der Waals surface area contributed by atoms with Crippen molar-refractivity contribution in [2.45, 2.75) is 6.92 Å². The van der Waals surface area contributed by atoms with Crippen molar-refractivity contribution in [1.82, 2.24) is 9.97 Å². The van der Waals surface area contributed by atoms with Crippen LogP contribution in [0.4, 0.5) is 5.69 Å². The Labute approximate surface area is 124 Å². The number of nitrogens with one attached hydrogen (secondary N) is 1. The predicted molar refractivity (Wildman–Crippen MR) is 74.0 cm³/mol. The molecule has 2 heterocycles. The van der Waals surface area contributed by atoms with Gasteiger partial charge in [0.2, 0.25) is 0 Å². The highest BCUT2D eigenvalue weighted by molar-refractivity contribution is 6.29. The molecule has 2 rings (SSSR count). The van der Waals surface area contributed by atoms with Crippen molar-refractivity contribution >= 4 is 40.3 Å². The van der Waals surface area contributed by atoms with Crippen molar-refractivity contribution in [1.29, 1.82) is 0 Å². The summed E-state index contributed by atoms with van der Waals surface area (Å²) in [6.07, 6.45) is 1.30. The third-order valence-corrected chi connectivity index (χ3v) is 2.79. The van der Waals surface area contributed by atoms with Crippen LogP contribution >= 0.6 is 11.6 Å². The van der Waals surface area contributed by atoms with Gasteiger partial charge in [0.25, 0.3) is 0 Å². The lowest BCUT2D eigenvalue weighted by atomic mass is 10.2. The fraction of sp³-hybridized carbons (Fsp3) is 0.231. The van der Waals surface area contributed by atoms with E-state index in [2.05, 4.69) is 15.3 Å². The van der Waals surface area contributed by atoms with Crippen LogP contribution in [0.3, 0.4) is 0 Å². The van der Waals surface area contributed by atoms with Crippen LogP contribution in [0.15, 0.2) is 18.3 Å². The van der Waals surface area contributed by atoms with E-state index in [1.807, 2.05) is 0 Å². The summed E-state index contributed by atoms with van der Waals surface area (Å²) in [6.45, 7) is 1.36. The molecule has 2 aromatic heterocycles. The van der Waals surface area contributed by atoms with Gasteiger partial charge in [-0.25, -0.2) is 9.78 Å². The molecule has 0 radical (unpaired) electrons. The number of pyridine rings is 2. The van der Waals surface area contributed by atoms with Gasteiger partial charge < -0.3 is 20.0 Å². The minimum atomic E-state index is -1.32. The lowest BCUT2D eigenvalue weighted by Gasteiger charge is -2.13. The Morgan fingerprint density at radius 1 is 1.43 bits per heavy atom. The molecule has 0 atom stereocenters. The van der Waals surface area contributed by atoms with Crippen LogP contribution in [-0.2, 0) is 9.53 Å². The van der Waals surface area contributed by atoms with E-state index in [1.54, 1.807) is 19.1 Å². The molecule has 110 valence electrons. The van der Waals surface area contributed by atoms with Crippen LogP contribution in [-0.4, -0.2) is 35.1 Å². The van der Waals surface area contributed by atoms with Crippen molar-refractivity contribution in [3.05, 3.63) is 29.0 Å². The Morgan fingerprint density at radius 2 is 2.19 bits per heavy atom. The van der Waals surface area contributed by atoms with Gasteiger partial charge >= 0.3 is 5.97 Å². The topological polar surface area (TPSA) is 104 Å². The Bertz CT molecular complexity index is 705. The van der Waals surface area contributed by atoms with Crippen LogP contribution in [0, 0.1) is 0 Å². The summed E-state index contributed by atoms with van der Waals surface area (Å²) in [5.41, 5.74) is 1.04. The number of hydrogen-bond acceptors (Lipinski definition) is 7. The highest BCUT2D eigenvalue weighted by Crippen LogP contribution is 2.26. The van der Waals surface area contributed by atoms with E-state index in [1.165, 1.54) is 6.20 Å². The van der Waals surface area contributed by atoms with E-state index >= 15 is 0 Å². The zero-order chi connectivity index (χ0) is 15.4. The Balaban J connectivity index is 2.58. The van der Waals surface area contributed by atoms with Gasteiger partial charge in [0.05, 0.1) is 30.3 Å². The van der Waals surface area contributed by atoms with Crippen molar-refractivity contribution in [3.63, 3.8) is 0 Å². The molecule has 0 aromatic carbocycles. The summed E-state index contributed by atoms with van der Waals surface area (Å²) in [5, 5.41) is 13.4. The third kappa shape index (κ3) is 3.38. The molecule has 0 amide bonds. The molecule has 0 aliphatic rings. The molecule has 0 aliphatic heterocycles. The van der Waals surface area contributed by atoms with Gasteiger partial charge in [0.15, 0.2) is 0 Å². The van der Waals surface area contributed by atoms with Crippen LogP contribution in [0.5, 0.6) is 0 Å². The first-order chi connectivity index (χ1) is 10.0. The number of carboxylic acids is 1. The molecule has 7 nitrogen and oxygen atoms in total. The number of ether oxygens (including phenoxy) is 1. The number of rotatable bonds is 5. The predicted octanol–water partition coefficient (Wildman–Crippen LogP) is 0.622. The SMILES string of the molecule is CCOC(=O)c1cnc2ccc(Cl)nc2c1NCC(=O)[O-]. The molecule has 0 saturated carbocycles. The number of halogens is 1. The Hall–Kier alpha value is -2.41.